The average molecular weight is 273 g/mol. The van der Waals surface area contributed by atoms with E-state index in [1.54, 1.807) is 18.0 Å². The maximum absolute atomic E-state index is 12.2. The van der Waals surface area contributed by atoms with E-state index in [0.29, 0.717) is 32.2 Å². The van der Waals surface area contributed by atoms with Gasteiger partial charge in [-0.1, -0.05) is 13.3 Å². The minimum Gasteiger partial charge on any atom is -0.383 e. The number of aromatic nitrogens is 2. The highest BCUT2D eigenvalue weighted by molar-refractivity contribution is 7.89. The fourth-order valence-corrected chi connectivity index (χ4v) is 3.46. The monoisotopic (exact) mass is 273 g/mol. The molecule has 1 aliphatic heterocycles. The summed E-state index contributed by atoms with van der Waals surface area (Å²) in [6.07, 6.45) is 4.00. The van der Waals surface area contributed by atoms with Crippen LogP contribution in [0.4, 0.5) is 0 Å². The first-order chi connectivity index (χ1) is 8.57. The summed E-state index contributed by atoms with van der Waals surface area (Å²) in [6, 6.07) is 0. The molecule has 1 fully saturated rings. The first-order valence-corrected chi connectivity index (χ1v) is 7.53. The van der Waals surface area contributed by atoms with Gasteiger partial charge in [-0.3, -0.25) is 4.68 Å². The van der Waals surface area contributed by atoms with Gasteiger partial charge < -0.3 is 4.74 Å². The summed E-state index contributed by atoms with van der Waals surface area (Å²) in [4.78, 5) is 0.271. The Bertz CT molecular complexity index is 491. The Kier molecular flexibility index (Phi) is 4.04. The average Bonchev–Trinajstić information content (AvgIpc) is 2.73. The highest BCUT2D eigenvalue weighted by Crippen LogP contribution is 2.26. The van der Waals surface area contributed by atoms with E-state index in [1.807, 2.05) is 0 Å². The second kappa shape index (κ2) is 5.38. The Morgan fingerprint density at radius 1 is 1.50 bits per heavy atom. The maximum Gasteiger partial charge on any atom is 0.246 e. The van der Waals surface area contributed by atoms with E-state index < -0.39 is 10.0 Å². The molecular weight excluding hydrogens is 254 g/mol. The van der Waals surface area contributed by atoms with E-state index in [-0.39, 0.29) is 4.90 Å². The van der Waals surface area contributed by atoms with Gasteiger partial charge in [0.1, 0.15) is 4.90 Å². The Labute approximate surface area is 108 Å². The van der Waals surface area contributed by atoms with Gasteiger partial charge in [-0.15, -0.1) is 0 Å². The summed E-state index contributed by atoms with van der Waals surface area (Å²) >= 11 is 0. The first kappa shape index (κ1) is 13.5. The summed E-state index contributed by atoms with van der Waals surface area (Å²) in [7, 11) is -1.74. The molecule has 0 unspecified atom stereocenters. The van der Waals surface area contributed by atoms with Crippen molar-refractivity contribution in [2.24, 2.45) is 5.92 Å². The molecule has 0 aliphatic carbocycles. The molecule has 6 nitrogen and oxygen atoms in total. The number of ether oxygens (including phenoxy) is 1. The van der Waals surface area contributed by atoms with Crippen LogP contribution < -0.4 is 0 Å². The minimum absolute atomic E-state index is 0.271. The third-order valence-electron chi connectivity index (χ3n) is 3.27. The molecule has 1 aromatic heterocycles. The lowest BCUT2D eigenvalue weighted by Gasteiger charge is -2.37. The molecule has 0 bridgehead atoms. The van der Waals surface area contributed by atoms with E-state index in [4.69, 9.17) is 4.74 Å². The predicted molar refractivity (Wildman–Crippen MR) is 66.6 cm³/mol. The molecular formula is C11H19N3O3S. The molecule has 2 rings (SSSR count). The van der Waals surface area contributed by atoms with Gasteiger partial charge in [-0.2, -0.15) is 9.40 Å². The Hall–Kier alpha value is -0.920. The van der Waals surface area contributed by atoms with Crippen LogP contribution in [-0.4, -0.2) is 49.3 Å². The topological polar surface area (TPSA) is 64.4 Å². The lowest BCUT2D eigenvalue weighted by Crippen LogP contribution is -2.49. The molecule has 1 aromatic rings. The van der Waals surface area contributed by atoms with E-state index in [2.05, 4.69) is 12.0 Å². The summed E-state index contributed by atoms with van der Waals surface area (Å²) in [5, 5.41) is 4.03. The summed E-state index contributed by atoms with van der Waals surface area (Å²) in [5.74, 6) is 0.503. The van der Waals surface area contributed by atoms with Gasteiger partial charge in [-0.25, -0.2) is 8.42 Å². The smallest absolute Gasteiger partial charge is 0.246 e. The van der Waals surface area contributed by atoms with Gasteiger partial charge in [0.05, 0.1) is 19.3 Å². The summed E-state index contributed by atoms with van der Waals surface area (Å²) in [6.45, 7) is 4.41. The number of rotatable bonds is 6. The number of nitrogens with zero attached hydrogens (tertiary/aromatic N) is 3. The largest absolute Gasteiger partial charge is 0.383 e. The molecule has 1 saturated heterocycles. The van der Waals surface area contributed by atoms with Crippen LogP contribution in [0.2, 0.25) is 0 Å². The molecule has 0 saturated carbocycles. The molecule has 0 amide bonds. The number of hydrogen-bond acceptors (Lipinski definition) is 4. The van der Waals surface area contributed by atoms with Crippen molar-refractivity contribution in [1.82, 2.24) is 14.1 Å². The Balaban J connectivity index is 2.04. The van der Waals surface area contributed by atoms with Crippen molar-refractivity contribution >= 4 is 10.0 Å². The van der Waals surface area contributed by atoms with Crippen LogP contribution in [0.25, 0.3) is 0 Å². The first-order valence-electron chi connectivity index (χ1n) is 6.09. The fourth-order valence-electron chi connectivity index (χ4n) is 1.91. The van der Waals surface area contributed by atoms with Gasteiger partial charge in [0, 0.05) is 26.4 Å². The van der Waals surface area contributed by atoms with Gasteiger partial charge in [-0.05, 0) is 5.92 Å². The third-order valence-corrected chi connectivity index (χ3v) is 5.06. The number of sulfonamides is 1. The lowest BCUT2D eigenvalue weighted by atomic mass is 10.0. The SMILES string of the molecule is CCC1CN(S(=O)(=O)c2cnn(CCOC)c2)C1. The van der Waals surface area contributed by atoms with Crippen LogP contribution in [0.15, 0.2) is 17.3 Å². The molecule has 0 atom stereocenters. The van der Waals surface area contributed by atoms with Crippen molar-refractivity contribution in [3.05, 3.63) is 12.4 Å². The van der Waals surface area contributed by atoms with Gasteiger partial charge in [0.15, 0.2) is 0 Å². The van der Waals surface area contributed by atoms with E-state index >= 15 is 0 Å². The Morgan fingerprint density at radius 2 is 2.22 bits per heavy atom. The standard InChI is InChI=1S/C11H19N3O3S/c1-3-10-7-14(8-10)18(15,16)11-6-12-13(9-11)4-5-17-2/h6,9-10H,3-5,7-8H2,1-2H3. The predicted octanol–water partition coefficient (Wildman–Crippen LogP) is 0.560. The lowest BCUT2D eigenvalue weighted by molar-refractivity contribution is 0.183. The van der Waals surface area contributed by atoms with Crippen molar-refractivity contribution in [1.29, 1.82) is 0 Å². The molecule has 7 heteroatoms. The van der Waals surface area contributed by atoms with Gasteiger partial charge >= 0.3 is 0 Å². The second-order valence-electron chi connectivity index (χ2n) is 4.53. The molecule has 0 spiro atoms. The van der Waals surface area contributed by atoms with Crippen molar-refractivity contribution in [3.8, 4) is 0 Å². The molecule has 2 heterocycles. The highest BCUT2D eigenvalue weighted by atomic mass is 32.2. The van der Waals surface area contributed by atoms with Crippen LogP contribution in [0.3, 0.4) is 0 Å². The fraction of sp³-hybridized carbons (Fsp3) is 0.727. The highest BCUT2D eigenvalue weighted by Gasteiger charge is 2.36. The number of methoxy groups -OCH3 is 1. The molecule has 0 N–H and O–H groups in total. The second-order valence-corrected chi connectivity index (χ2v) is 6.47. The summed E-state index contributed by atoms with van der Waals surface area (Å²) in [5.41, 5.74) is 0. The van der Waals surface area contributed by atoms with Crippen LogP contribution in [-0.2, 0) is 21.3 Å². The normalized spacial score (nSPS) is 17.9. The van der Waals surface area contributed by atoms with Gasteiger partial charge in [0.2, 0.25) is 10.0 Å². The van der Waals surface area contributed by atoms with Gasteiger partial charge in [0.25, 0.3) is 0 Å². The van der Waals surface area contributed by atoms with Crippen molar-refractivity contribution in [3.63, 3.8) is 0 Å². The van der Waals surface area contributed by atoms with E-state index in [0.717, 1.165) is 6.42 Å². The van der Waals surface area contributed by atoms with Crippen molar-refractivity contribution in [2.75, 3.05) is 26.8 Å². The molecule has 0 radical (unpaired) electrons. The Morgan fingerprint density at radius 3 is 2.83 bits per heavy atom. The maximum atomic E-state index is 12.2. The van der Waals surface area contributed by atoms with Crippen molar-refractivity contribution < 1.29 is 13.2 Å². The van der Waals surface area contributed by atoms with E-state index in [9.17, 15) is 8.42 Å². The van der Waals surface area contributed by atoms with Crippen molar-refractivity contribution in [2.45, 2.75) is 24.8 Å². The zero-order chi connectivity index (χ0) is 13.2. The zero-order valence-corrected chi connectivity index (χ0v) is 11.6. The number of hydrogen-bond donors (Lipinski definition) is 0. The van der Waals surface area contributed by atoms with E-state index in [1.165, 1.54) is 10.5 Å². The molecule has 18 heavy (non-hydrogen) atoms. The molecule has 1 aliphatic rings. The quantitative estimate of drug-likeness (QED) is 0.759. The van der Waals surface area contributed by atoms with Crippen LogP contribution >= 0.6 is 0 Å². The van der Waals surface area contributed by atoms with Crippen LogP contribution in [0.1, 0.15) is 13.3 Å². The zero-order valence-electron chi connectivity index (χ0n) is 10.7. The molecule has 0 aromatic carbocycles. The van der Waals surface area contributed by atoms with Crippen LogP contribution in [0.5, 0.6) is 0 Å². The molecule has 102 valence electrons. The summed E-state index contributed by atoms with van der Waals surface area (Å²) < 4.78 is 32.4. The minimum atomic E-state index is -3.34. The third kappa shape index (κ3) is 2.57. The van der Waals surface area contributed by atoms with Crippen LogP contribution in [0, 0.1) is 5.92 Å².